The highest BCUT2D eigenvalue weighted by atomic mass is 16.5. The SMILES string of the molecule is CCO[C@H]1CCN(c2nc(CC)co2)C1.O=C=O. The third kappa shape index (κ3) is 3.98. The Balaban J connectivity index is 0.000000492. The number of carbonyl (C=O) groups excluding carboxylic acids is 2. The lowest BCUT2D eigenvalue weighted by atomic mass is 10.3. The van der Waals surface area contributed by atoms with Crippen molar-refractivity contribution in [2.24, 2.45) is 0 Å². The largest absolute Gasteiger partial charge is 0.432 e. The second-order valence-electron chi connectivity index (χ2n) is 3.87. The Bertz CT molecular complexity index is 385. The molecule has 0 amide bonds. The topological polar surface area (TPSA) is 72.6 Å². The predicted octanol–water partition coefficient (Wildman–Crippen LogP) is 1.27. The molecule has 1 aliphatic rings. The van der Waals surface area contributed by atoms with Crippen molar-refractivity contribution in [2.45, 2.75) is 32.8 Å². The molecule has 0 bridgehead atoms. The van der Waals surface area contributed by atoms with Crippen LogP contribution >= 0.6 is 0 Å². The summed E-state index contributed by atoms with van der Waals surface area (Å²) in [6, 6.07) is 0.744. The highest BCUT2D eigenvalue weighted by Crippen LogP contribution is 2.21. The summed E-state index contributed by atoms with van der Waals surface area (Å²) in [6.07, 6.45) is 4.32. The standard InChI is InChI=1S/C11H18N2O2.CO2/c1-3-9-8-15-11(12-9)13-6-5-10(7-13)14-4-2;2-1-3/h8,10H,3-7H2,1-2H3;/t10-;/m0./s1. The Hall–Kier alpha value is -1.65. The van der Waals surface area contributed by atoms with Crippen LogP contribution in [-0.4, -0.2) is 36.9 Å². The van der Waals surface area contributed by atoms with Gasteiger partial charge in [0.25, 0.3) is 6.01 Å². The molecule has 18 heavy (non-hydrogen) atoms. The van der Waals surface area contributed by atoms with E-state index in [0.717, 1.165) is 44.2 Å². The molecule has 1 aromatic heterocycles. The van der Waals surface area contributed by atoms with Crippen molar-refractivity contribution in [3.63, 3.8) is 0 Å². The van der Waals surface area contributed by atoms with E-state index in [9.17, 15) is 0 Å². The zero-order valence-corrected chi connectivity index (χ0v) is 10.7. The maximum Gasteiger partial charge on any atom is 0.373 e. The van der Waals surface area contributed by atoms with E-state index in [0.29, 0.717) is 6.10 Å². The van der Waals surface area contributed by atoms with Gasteiger partial charge < -0.3 is 14.1 Å². The first-order valence-electron chi connectivity index (χ1n) is 6.05. The van der Waals surface area contributed by atoms with Crippen molar-refractivity contribution < 1.29 is 18.7 Å². The Labute approximate surface area is 106 Å². The smallest absolute Gasteiger partial charge is 0.373 e. The Morgan fingerprint density at radius 1 is 1.56 bits per heavy atom. The number of oxazole rings is 1. The van der Waals surface area contributed by atoms with Gasteiger partial charge in [0, 0.05) is 19.7 Å². The molecule has 100 valence electrons. The summed E-state index contributed by atoms with van der Waals surface area (Å²) in [5, 5.41) is 0. The molecule has 6 nitrogen and oxygen atoms in total. The Morgan fingerprint density at radius 3 is 2.83 bits per heavy atom. The molecular formula is C12H18N2O4. The van der Waals surface area contributed by atoms with Crippen molar-refractivity contribution in [1.29, 1.82) is 0 Å². The van der Waals surface area contributed by atoms with Crippen LogP contribution in [0.5, 0.6) is 0 Å². The summed E-state index contributed by atoms with van der Waals surface area (Å²) in [4.78, 5) is 22.8. The van der Waals surface area contributed by atoms with Crippen LogP contribution in [0.4, 0.5) is 6.01 Å². The molecule has 0 aromatic carbocycles. The molecule has 6 heteroatoms. The molecule has 1 aliphatic heterocycles. The third-order valence-electron chi connectivity index (χ3n) is 2.72. The van der Waals surface area contributed by atoms with E-state index in [4.69, 9.17) is 18.7 Å². The van der Waals surface area contributed by atoms with Gasteiger partial charge in [-0.2, -0.15) is 14.6 Å². The van der Waals surface area contributed by atoms with Crippen LogP contribution in [0.1, 0.15) is 26.0 Å². The number of hydrogen-bond donors (Lipinski definition) is 0. The van der Waals surface area contributed by atoms with Gasteiger partial charge in [-0.15, -0.1) is 0 Å². The van der Waals surface area contributed by atoms with Gasteiger partial charge in [0.2, 0.25) is 0 Å². The maximum absolute atomic E-state index is 8.12. The molecule has 0 spiro atoms. The molecule has 2 heterocycles. The molecule has 0 radical (unpaired) electrons. The van der Waals surface area contributed by atoms with Crippen LogP contribution in [0.15, 0.2) is 10.7 Å². The lowest BCUT2D eigenvalue weighted by Gasteiger charge is -2.13. The van der Waals surface area contributed by atoms with E-state index in [-0.39, 0.29) is 6.15 Å². The van der Waals surface area contributed by atoms with Gasteiger partial charge in [-0.05, 0) is 19.8 Å². The first kappa shape index (κ1) is 14.4. The minimum atomic E-state index is 0.250. The molecule has 0 N–H and O–H groups in total. The minimum Gasteiger partial charge on any atom is -0.432 e. The molecule has 0 saturated carbocycles. The normalized spacial score (nSPS) is 18.1. The number of rotatable bonds is 4. The van der Waals surface area contributed by atoms with Crippen molar-refractivity contribution in [2.75, 3.05) is 24.6 Å². The second kappa shape index (κ2) is 7.63. The minimum absolute atomic E-state index is 0.250. The maximum atomic E-state index is 8.12. The van der Waals surface area contributed by atoms with Crippen LogP contribution in [-0.2, 0) is 20.7 Å². The van der Waals surface area contributed by atoms with Crippen LogP contribution < -0.4 is 4.90 Å². The molecule has 2 rings (SSSR count). The first-order chi connectivity index (χ1) is 8.74. The summed E-state index contributed by atoms with van der Waals surface area (Å²) < 4.78 is 11.0. The average Bonchev–Trinajstić information content (AvgIpc) is 2.98. The van der Waals surface area contributed by atoms with E-state index in [1.54, 1.807) is 6.26 Å². The van der Waals surface area contributed by atoms with Gasteiger partial charge in [0.1, 0.15) is 6.26 Å². The highest BCUT2D eigenvalue weighted by Gasteiger charge is 2.25. The van der Waals surface area contributed by atoms with E-state index in [2.05, 4.69) is 16.8 Å². The Kier molecular flexibility index (Phi) is 6.11. The fourth-order valence-electron chi connectivity index (χ4n) is 1.88. The number of aromatic nitrogens is 1. The van der Waals surface area contributed by atoms with Crippen molar-refractivity contribution >= 4 is 12.2 Å². The predicted molar refractivity (Wildman–Crippen MR) is 63.1 cm³/mol. The van der Waals surface area contributed by atoms with Gasteiger partial charge in [-0.1, -0.05) is 6.92 Å². The Morgan fingerprint density at radius 2 is 2.28 bits per heavy atom. The van der Waals surface area contributed by atoms with E-state index in [1.165, 1.54) is 0 Å². The molecular weight excluding hydrogens is 236 g/mol. The molecule has 1 aromatic rings. The van der Waals surface area contributed by atoms with Gasteiger partial charge in [0.15, 0.2) is 0 Å². The van der Waals surface area contributed by atoms with Gasteiger partial charge in [0.05, 0.1) is 11.8 Å². The van der Waals surface area contributed by atoms with E-state index in [1.807, 2.05) is 6.92 Å². The lowest BCUT2D eigenvalue weighted by molar-refractivity contribution is -0.191. The summed E-state index contributed by atoms with van der Waals surface area (Å²) in [5.41, 5.74) is 1.02. The molecule has 1 saturated heterocycles. The van der Waals surface area contributed by atoms with Crippen molar-refractivity contribution in [3.8, 4) is 0 Å². The molecule has 0 aliphatic carbocycles. The van der Waals surface area contributed by atoms with Gasteiger partial charge in [-0.3, -0.25) is 0 Å². The average molecular weight is 254 g/mol. The number of nitrogens with zero attached hydrogens (tertiary/aromatic N) is 2. The lowest BCUT2D eigenvalue weighted by Crippen LogP contribution is -2.23. The van der Waals surface area contributed by atoms with Crippen LogP contribution in [0, 0.1) is 0 Å². The summed E-state index contributed by atoms with van der Waals surface area (Å²) >= 11 is 0. The van der Waals surface area contributed by atoms with Crippen molar-refractivity contribution in [3.05, 3.63) is 12.0 Å². The van der Waals surface area contributed by atoms with Crippen LogP contribution in [0.25, 0.3) is 0 Å². The molecule has 1 atom stereocenters. The fraction of sp³-hybridized carbons (Fsp3) is 0.667. The zero-order valence-electron chi connectivity index (χ0n) is 10.7. The summed E-state index contributed by atoms with van der Waals surface area (Å²) in [5.74, 6) is 0. The van der Waals surface area contributed by atoms with E-state index < -0.39 is 0 Å². The quantitative estimate of drug-likeness (QED) is 0.805. The summed E-state index contributed by atoms with van der Waals surface area (Å²) in [6.45, 7) is 6.77. The number of ether oxygens (including phenoxy) is 1. The summed E-state index contributed by atoms with van der Waals surface area (Å²) in [7, 11) is 0. The van der Waals surface area contributed by atoms with Gasteiger partial charge >= 0.3 is 6.15 Å². The monoisotopic (exact) mass is 254 g/mol. The van der Waals surface area contributed by atoms with E-state index >= 15 is 0 Å². The second-order valence-corrected chi connectivity index (χ2v) is 3.87. The molecule has 1 fully saturated rings. The van der Waals surface area contributed by atoms with Gasteiger partial charge in [-0.25, -0.2) is 0 Å². The van der Waals surface area contributed by atoms with Crippen molar-refractivity contribution in [1.82, 2.24) is 4.98 Å². The third-order valence-corrected chi connectivity index (χ3v) is 2.72. The number of anilines is 1. The zero-order chi connectivity index (χ0) is 13.4. The fourth-order valence-corrected chi connectivity index (χ4v) is 1.88. The van der Waals surface area contributed by atoms with Crippen LogP contribution in [0.2, 0.25) is 0 Å². The molecule has 0 unspecified atom stereocenters. The number of aryl methyl sites for hydroxylation is 1. The highest BCUT2D eigenvalue weighted by molar-refractivity contribution is 5.29. The first-order valence-corrected chi connectivity index (χ1v) is 6.05. The van der Waals surface area contributed by atoms with Crippen LogP contribution in [0.3, 0.4) is 0 Å². The number of hydrogen-bond acceptors (Lipinski definition) is 6.